The minimum atomic E-state index is -0.464. The summed E-state index contributed by atoms with van der Waals surface area (Å²) in [5.41, 5.74) is 5.59. The molecule has 1 aliphatic carbocycles. The molecule has 1 rings (SSSR count). The third-order valence-corrected chi connectivity index (χ3v) is 3.12. The first-order chi connectivity index (χ1) is 7.13. The second-order valence-electron chi connectivity index (χ2n) is 4.55. The van der Waals surface area contributed by atoms with Gasteiger partial charge in [0.1, 0.15) is 0 Å². The van der Waals surface area contributed by atoms with Crippen LogP contribution in [0.25, 0.3) is 0 Å². The smallest absolute Gasteiger partial charge is 0.223 e. The van der Waals surface area contributed by atoms with Crippen molar-refractivity contribution in [1.29, 1.82) is 0 Å². The van der Waals surface area contributed by atoms with Crippen molar-refractivity contribution in [2.75, 3.05) is 13.1 Å². The number of carbonyl (C=O) groups is 1. The van der Waals surface area contributed by atoms with Gasteiger partial charge in [0, 0.05) is 12.5 Å². The van der Waals surface area contributed by atoms with Crippen molar-refractivity contribution in [1.82, 2.24) is 5.32 Å². The molecule has 1 aliphatic rings. The lowest BCUT2D eigenvalue weighted by atomic mass is 9.81. The maximum absolute atomic E-state index is 11.6. The first-order valence-electron chi connectivity index (χ1n) is 5.79. The number of nitrogens with one attached hydrogen (secondary N) is 1. The largest absolute Gasteiger partial charge is 0.392 e. The second kappa shape index (κ2) is 6.08. The van der Waals surface area contributed by atoms with Crippen LogP contribution in [-0.2, 0) is 4.79 Å². The van der Waals surface area contributed by atoms with Gasteiger partial charge >= 0.3 is 0 Å². The summed E-state index contributed by atoms with van der Waals surface area (Å²) in [5.74, 6) is 0.823. The van der Waals surface area contributed by atoms with Gasteiger partial charge in [-0.3, -0.25) is 4.79 Å². The predicted molar refractivity (Wildman–Crippen MR) is 59.2 cm³/mol. The molecule has 0 radical (unpaired) electrons. The van der Waals surface area contributed by atoms with Crippen LogP contribution in [0.2, 0.25) is 0 Å². The summed E-state index contributed by atoms with van der Waals surface area (Å²) in [7, 11) is 0. The quantitative estimate of drug-likeness (QED) is 0.628. The van der Waals surface area contributed by atoms with E-state index in [1.54, 1.807) is 6.92 Å². The third-order valence-electron chi connectivity index (χ3n) is 3.12. The van der Waals surface area contributed by atoms with Crippen molar-refractivity contribution in [3.05, 3.63) is 0 Å². The Hall–Kier alpha value is -0.610. The molecule has 88 valence electrons. The average molecular weight is 214 g/mol. The van der Waals surface area contributed by atoms with Crippen LogP contribution in [0.15, 0.2) is 0 Å². The van der Waals surface area contributed by atoms with E-state index in [0.717, 1.165) is 32.2 Å². The van der Waals surface area contributed by atoms with Gasteiger partial charge in [0.25, 0.3) is 0 Å². The Morgan fingerprint density at radius 3 is 2.53 bits per heavy atom. The lowest BCUT2D eigenvalue weighted by Gasteiger charge is -2.26. The molecule has 4 heteroatoms. The van der Waals surface area contributed by atoms with Gasteiger partial charge in [-0.25, -0.2) is 0 Å². The van der Waals surface area contributed by atoms with E-state index in [1.807, 2.05) is 0 Å². The average Bonchev–Trinajstić information content (AvgIpc) is 2.26. The number of carbonyl (C=O) groups excluding carboxylic acids is 1. The highest BCUT2D eigenvalue weighted by Crippen LogP contribution is 2.27. The minimum Gasteiger partial charge on any atom is -0.392 e. The standard InChI is InChI=1S/C11H22N2O2/c1-8(14)7-13-11(15)10-4-2-9(6-12)3-5-10/h8-10,14H,2-7,12H2,1H3,(H,13,15). The number of rotatable bonds is 4. The lowest BCUT2D eigenvalue weighted by molar-refractivity contribution is -0.126. The molecule has 1 atom stereocenters. The highest BCUT2D eigenvalue weighted by Gasteiger charge is 2.25. The SMILES string of the molecule is CC(O)CNC(=O)C1CCC(CN)CC1. The van der Waals surface area contributed by atoms with Gasteiger partial charge in [0.15, 0.2) is 0 Å². The van der Waals surface area contributed by atoms with Crippen LogP contribution in [0.5, 0.6) is 0 Å². The van der Waals surface area contributed by atoms with Crippen LogP contribution in [0.1, 0.15) is 32.6 Å². The molecule has 1 unspecified atom stereocenters. The van der Waals surface area contributed by atoms with Crippen LogP contribution in [-0.4, -0.2) is 30.2 Å². The molecule has 1 saturated carbocycles. The zero-order chi connectivity index (χ0) is 11.3. The van der Waals surface area contributed by atoms with Crippen LogP contribution in [0.3, 0.4) is 0 Å². The van der Waals surface area contributed by atoms with Crippen molar-refractivity contribution in [2.45, 2.75) is 38.7 Å². The summed E-state index contributed by atoms with van der Waals surface area (Å²) in [4.78, 5) is 11.6. The zero-order valence-electron chi connectivity index (χ0n) is 9.41. The summed E-state index contributed by atoms with van der Waals surface area (Å²) >= 11 is 0. The summed E-state index contributed by atoms with van der Waals surface area (Å²) in [5, 5.41) is 11.8. The Balaban J connectivity index is 2.24. The summed E-state index contributed by atoms with van der Waals surface area (Å²) in [6.45, 7) is 2.77. The molecule has 0 aromatic heterocycles. The predicted octanol–water partition coefficient (Wildman–Crippen LogP) is 0.249. The van der Waals surface area contributed by atoms with E-state index >= 15 is 0 Å². The molecule has 0 aliphatic heterocycles. The number of hydrogen-bond donors (Lipinski definition) is 3. The maximum Gasteiger partial charge on any atom is 0.223 e. The van der Waals surface area contributed by atoms with Gasteiger partial charge in [0.05, 0.1) is 6.10 Å². The molecule has 0 bridgehead atoms. The minimum absolute atomic E-state index is 0.0892. The zero-order valence-corrected chi connectivity index (χ0v) is 9.41. The van der Waals surface area contributed by atoms with Gasteiger partial charge in [-0.2, -0.15) is 0 Å². The van der Waals surface area contributed by atoms with Crippen LogP contribution in [0.4, 0.5) is 0 Å². The van der Waals surface area contributed by atoms with Gasteiger partial charge < -0.3 is 16.2 Å². The first-order valence-corrected chi connectivity index (χ1v) is 5.79. The molecule has 1 amide bonds. The van der Waals surface area contributed by atoms with Crippen molar-refractivity contribution in [3.63, 3.8) is 0 Å². The Morgan fingerprint density at radius 2 is 2.07 bits per heavy atom. The molecule has 0 heterocycles. The molecule has 0 spiro atoms. The number of hydrogen-bond acceptors (Lipinski definition) is 3. The van der Waals surface area contributed by atoms with E-state index in [4.69, 9.17) is 10.8 Å². The van der Waals surface area contributed by atoms with E-state index < -0.39 is 6.10 Å². The molecule has 0 saturated heterocycles. The van der Waals surface area contributed by atoms with E-state index in [0.29, 0.717) is 12.5 Å². The Bertz CT molecular complexity index is 199. The topological polar surface area (TPSA) is 75.3 Å². The molecule has 0 aromatic carbocycles. The fraction of sp³-hybridized carbons (Fsp3) is 0.909. The Morgan fingerprint density at radius 1 is 1.47 bits per heavy atom. The van der Waals surface area contributed by atoms with E-state index in [9.17, 15) is 4.79 Å². The fourth-order valence-corrected chi connectivity index (χ4v) is 2.05. The molecule has 0 aromatic rings. The Kier molecular flexibility index (Phi) is 5.05. The number of amides is 1. The van der Waals surface area contributed by atoms with Crippen molar-refractivity contribution in [2.24, 2.45) is 17.6 Å². The van der Waals surface area contributed by atoms with Crippen molar-refractivity contribution < 1.29 is 9.90 Å². The van der Waals surface area contributed by atoms with Gasteiger partial charge in [-0.05, 0) is 45.1 Å². The highest BCUT2D eigenvalue weighted by atomic mass is 16.3. The monoisotopic (exact) mass is 214 g/mol. The van der Waals surface area contributed by atoms with Gasteiger partial charge in [-0.1, -0.05) is 0 Å². The maximum atomic E-state index is 11.6. The van der Waals surface area contributed by atoms with Crippen LogP contribution < -0.4 is 11.1 Å². The number of nitrogens with two attached hydrogens (primary N) is 1. The summed E-state index contributed by atoms with van der Waals surface area (Å²) in [6.07, 6.45) is 3.53. The normalized spacial score (nSPS) is 28.5. The molecule has 4 nitrogen and oxygen atoms in total. The van der Waals surface area contributed by atoms with E-state index in [1.165, 1.54) is 0 Å². The molecular weight excluding hydrogens is 192 g/mol. The molecule has 4 N–H and O–H groups in total. The molecule has 1 fully saturated rings. The van der Waals surface area contributed by atoms with Gasteiger partial charge in [0.2, 0.25) is 5.91 Å². The van der Waals surface area contributed by atoms with E-state index in [-0.39, 0.29) is 11.8 Å². The summed E-state index contributed by atoms with van der Waals surface area (Å²) in [6, 6.07) is 0. The molecular formula is C11H22N2O2. The molecule has 15 heavy (non-hydrogen) atoms. The van der Waals surface area contributed by atoms with Crippen LogP contribution >= 0.6 is 0 Å². The second-order valence-corrected chi connectivity index (χ2v) is 4.55. The van der Waals surface area contributed by atoms with E-state index in [2.05, 4.69) is 5.32 Å². The van der Waals surface area contributed by atoms with Crippen LogP contribution in [0, 0.1) is 11.8 Å². The third kappa shape index (κ3) is 4.18. The lowest BCUT2D eigenvalue weighted by Crippen LogP contribution is -2.37. The number of aliphatic hydroxyl groups excluding tert-OH is 1. The van der Waals surface area contributed by atoms with Crippen molar-refractivity contribution >= 4 is 5.91 Å². The summed E-state index contributed by atoms with van der Waals surface area (Å²) < 4.78 is 0. The first kappa shape index (κ1) is 12.5. The number of aliphatic hydroxyl groups is 1. The van der Waals surface area contributed by atoms with Gasteiger partial charge in [-0.15, -0.1) is 0 Å². The highest BCUT2D eigenvalue weighted by molar-refractivity contribution is 5.78. The Labute approximate surface area is 91.2 Å². The fourth-order valence-electron chi connectivity index (χ4n) is 2.05. The van der Waals surface area contributed by atoms with Crippen molar-refractivity contribution in [3.8, 4) is 0 Å².